The Labute approximate surface area is 206 Å². The van der Waals surface area contributed by atoms with Crippen LogP contribution < -0.4 is 5.32 Å². The van der Waals surface area contributed by atoms with Crippen molar-refractivity contribution in [3.63, 3.8) is 0 Å². The van der Waals surface area contributed by atoms with Crippen molar-refractivity contribution in [3.05, 3.63) is 40.4 Å². The smallest absolute Gasteiger partial charge is 0.254 e. The molecule has 0 unspecified atom stereocenters. The van der Waals surface area contributed by atoms with Gasteiger partial charge in [-0.2, -0.15) is 0 Å². The van der Waals surface area contributed by atoms with Crippen LogP contribution in [0.3, 0.4) is 0 Å². The van der Waals surface area contributed by atoms with Gasteiger partial charge in [-0.3, -0.25) is 29.4 Å². The highest BCUT2D eigenvalue weighted by Crippen LogP contribution is 2.65. The van der Waals surface area contributed by atoms with Crippen molar-refractivity contribution >= 4 is 74.4 Å². The number of phenols is 1. The molecule has 2 aliphatic carbocycles. The van der Waals surface area contributed by atoms with Crippen LogP contribution in [-0.4, -0.2) is 48.8 Å². The highest BCUT2D eigenvalue weighted by molar-refractivity contribution is 9.09. The van der Waals surface area contributed by atoms with Crippen LogP contribution >= 0.6 is 50.7 Å². The zero-order valence-electron chi connectivity index (χ0n) is 16.3. The molecule has 5 rings (SSSR count). The lowest BCUT2D eigenvalue weighted by Crippen LogP contribution is -2.60. The van der Waals surface area contributed by atoms with Crippen molar-refractivity contribution in [1.82, 2.24) is 10.2 Å². The number of alkyl halides is 3. The quantitative estimate of drug-likeness (QED) is 0.250. The van der Waals surface area contributed by atoms with Crippen LogP contribution in [0.25, 0.3) is 0 Å². The average molecular weight is 563 g/mol. The first-order valence-corrected chi connectivity index (χ1v) is 12.1. The van der Waals surface area contributed by atoms with Gasteiger partial charge < -0.3 is 5.11 Å². The Balaban J connectivity index is 1.77. The average Bonchev–Trinajstić information content (AvgIpc) is 3.10. The van der Waals surface area contributed by atoms with Crippen LogP contribution in [0.4, 0.5) is 0 Å². The number of rotatable bonds is 2. The Morgan fingerprint density at radius 3 is 2.50 bits per heavy atom. The molecule has 1 saturated carbocycles. The fourth-order valence-electron chi connectivity index (χ4n) is 5.76. The van der Waals surface area contributed by atoms with Crippen molar-refractivity contribution < 1.29 is 24.3 Å². The van der Waals surface area contributed by atoms with Gasteiger partial charge in [0.25, 0.3) is 11.8 Å². The van der Waals surface area contributed by atoms with E-state index in [1.807, 2.05) is 6.08 Å². The highest BCUT2D eigenvalue weighted by atomic mass is 79.9. The number of imide groups is 2. The Morgan fingerprint density at radius 2 is 1.84 bits per heavy atom. The summed E-state index contributed by atoms with van der Waals surface area (Å²) in [5, 5.41) is 12.4. The molecule has 32 heavy (non-hydrogen) atoms. The third-order valence-corrected chi connectivity index (χ3v) is 9.39. The van der Waals surface area contributed by atoms with Crippen LogP contribution in [0.2, 0.25) is 5.02 Å². The molecule has 4 aliphatic rings. The molecule has 0 bridgehead atoms. The van der Waals surface area contributed by atoms with Crippen LogP contribution in [0.15, 0.2) is 29.8 Å². The Bertz CT molecular complexity index is 1140. The normalized spacial score (nSPS) is 38.2. The van der Waals surface area contributed by atoms with Gasteiger partial charge in [-0.1, -0.05) is 45.2 Å². The van der Waals surface area contributed by atoms with Crippen LogP contribution in [0.1, 0.15) is 24.3 Å². The number of aromatic hydroxyl groups is 1. The van der Waals surface area contributed by atoms with Gasteiger partial charge >= 0.3 is 0 Å². The molecule has 3 fully saturated rings. The number of amides is 4. The second-order valence-corrected chi connectivity index (χ2v) is 10.7. The Hall–Kier alpha value is -1.61. The molecule has 1 aromatic carbocycles. The standard InChI is InChI=1S/C21H16BrCl3N2O5/c22-7-27-18(31)20(24)6-12-9(3-4-11-14(12)17(30)26-16(11)29)15(21(20,25)19(27)32)10-2-1-8(28)5-13(10)23/h1-3,5,11-12,14-15,28H,4,6-7H2,(H,26,29,30)/t11-,12+,14-,15+,20+,21-/m0/s1. The summed E-state index contributed by atoms with van der Waals surface area (Å²) in [4.78, 5) is 49.0. The molecular formula is C21H16BrCl3N2O5. The minimum Gasteiger partial charge on any atom is -0.508 e. The van der Waals surface area contributed by atoms with E-state index in [0.717, 1.165) is 4.90 Å². The molecule has 1 aromatic rings. The molecule has 0 aromatic heterocycles. The molecule has 7 nitrogen and oxygen atoms in total. The lowest BCUT2D eigenvalue weighted by atomic mass is 9.56. The summed E-state index contributed by atoms with van der Waals surface area (Å²) >= 11 is 23.7. The minimum atomic E-state index is -1.91. The minimum absolute atomic E-state index is 0.0773. The van der Waals surface area contributed by atoms with E-state index in [9.17, 15) is 24.3 Å². The molecule has 0 spiro atoms. The number of phenolic OH excluding ortho intramolecular Hbond substituents is 1. The third kappa shape index (κ3) is 2.61. The Kier molecular flexibility index (Phi) is 4.99. The molecule has 168 valence electrons. The monoisotopic (exact) mass is 560 g/mol. The summed E-state index contributed by atoms with van der Waals surface area (Å²) in [5.41, 5.74) is 0.951. The maximum absolute atomic E-state index is 13.5. The van der Waals surface area contributed by atoms with E-state index in [-0.39, 0.29) is 35.0 Å². The van der Waals surface area contributed by atoms with E-state index in [1.165, 1.54) is 18.2 Å². The van der Waals surface area contributed by atoms with Gasteiger partial charge in [0, 0.05) is 10.9 Å². The molecule has 4 amide bonds. The van der Waals surface area contributed by atoms with E-state index < -0.39 is 51.1 Å². The first kappa shape index (κ1) is 22.2. The lowest BCUT2D eigenvalue weighted by molar-refractivity contribution is -0.138. The number of nitrogens with one attached hydrogen (secondary N) is 1. The largest absolute Gasteiger partial charge is 0.508 e. The number of carbonyl (C=O) groups is 4. The van der Waals surface area contributed by atoms with Crippen LogP contribution in [0, 0.1) is 17.8 Å². The predicted molar refractivity (Wildman–Crippen MR) is 120 cm³/mol. The first-order chi connectivity index (χ1) is 15.1. The fraction of sp³-hybridized carbons (Fsp3) is 0.429. The number of halogens is 4. The van der Waals surface area contributed by atoms with Gasteiger partial charge in [-0.15, -0.1) is 23.2 Å². The van der Waals surface area contributed by atoms with Gasteiger partial charge in [0.2, 0.25) is 11.8 Å². The second kappa shape index (κ2) is 7.19. The van der Waals surface area contributed by atoms with Gasteiger partial charge in [-0.25, -0.2) is 0 Å². The van der Waals surface area contributed by atoms with Gasteiger partial charge in [0.05, 0.1) is 17.3 Å². The van der Waals surface area contributed by atoms with Crippen LogP contribution in [-0.2, 0) is 19.2 Å². The van der Waals surface area contributed by atoms with Crippen molar-refractivity contribution in [2.24, 2.45) is 17.8 Å². The van der Waals surface area contributed by atoms with Crippen molar-refractivity contribution in [3.8, 4) is 5.75 Å². The predicted octanol–water partition coefficient (Wildman–Crippen LogP) is 3.04. The van der Waals surface area contributed by atoms with E-state index >= 15 is 0 Å². The second-order valence-electron chi connectivity index (χ2n) is 8.55. The fourth-order valence-corrected chi connectivity index (χ4v) is 7.46. The lowest BCUT2D eigenvalue weighted by Gasteiger charge is -2.50. The zero-order valence-corrected chi connectivity index (χ0v) is 20.1. The summed E-state index contributed by atoms with van der Waals surface area (Å²) in [6.07, 6.45) is 2.02. The van der Waals surface area contributed by atoms with E-state index in [4.69, 9.17) is 34.8 Å². The van der Waals surface area contributed by atoms with E-state index in [2.05, 4.69) is 21.2 Å². The number of benzene rings is 1. The van der Waals surface area contributed by atoms with E-state index in [1.54, 1.807) is 0 Å². The number of allylic oxidation sites excluding steroid dienone is 2. The molecule has 2 N–H and O–H groups in total. The van der Waals surface area contributed by atoms with Crippen LogP contribution in [0.5, 0.6) is 5.75 Å². The first-order valence-electron chi connectivity index (χ1n) is 9.89. The zero-order chi connectivity index (χ0) is 23.2. The third-order valence-electron chi connectivity index (χ3n) is 7.15. The topological polar surface area (TPSA) is 104 Å². The molecule has 2 aliphatic heterocycles. The SMILES string of the molecule is O=C1NC(=O)[C@H]2CC=C3[C@@H](C[C@@]4(Cl)C(=O)N(CBr)C(=O)[C@@]4(Cl)[C@H]3c3ccc(O)cc3Cl)[C@@H]12. The molecule has 0 radical (unpaired) electrons. The number of likely N-dealkylation sites (tertiary alicyclic amines) is 1. The van der Waals surface area contributed by atoms with Crippen molar-refractivity contribution in [2.75, 3.05) is 5.45 Å². The number of hydrogen-bond acceptors (Lipinski definition) is 5. The molecule has 6 atom stereocenters. The van der Waals surface area contributed by atoms with E-state index in [0.29, 0.717) is 11.1 Å². The molecular weight excluding hydrogens is 547 g/mol. The van der Waals surface area contributed by atoms with Gasteiger partial charge in [-0.05, 0) is 36.5 Å². The Morgan fingerprint density at radius 1 is 1.12 bits per heavy atom. The summed E-state index contributed by atoms with van der Waals surface area (Å²) in [5.74, 6) is -5.04. The number of nitrogens with zero attached hydrogens (tertiary/aromatic N) is 1. The summed E-state index contributed by atoms with van der Waals surface area (Å²) in [7, 11) is 0. The maximum atomic E-state index is 13.5. The number of fused-ring (bicyclic) bond motifs is 4. The number of carbonyl (C=O) groups excluding carboxylic acids is 4. The molecule has 11 heteroatoms. The van der Waals surface area contributed by atoms with Crippen molar-refractivity contribution in [1.29, 1.82) is 0 Å². The number of hydrogen-bond donors (Lipinski definition) is 2. The van der Waals surface area contributed by atoms with Crippen molar-refractivity contribution in [2.45, 2.75) is 28.5 Å². The molecule has 2 saturated heterocycles. The van der Waals surface area contributed by atoms with Gasteiger partial charge in [0.15, 0.2) is 9.75 Å². The summed E-state index contributed by atoms with van der Waals surface area (Å²) in [6.45, 7) is 0. The maximum Gasteiger partial charge on any atom is 0.254 e. The molecule has 2 heterocycles. The van der Waals surface area contributed by atoms with Gasteiger partial charge in [0.1, 0.15) is 5.75 Å². The highest BCUT2D eigenvalue weighted by Gasteiger charge is 2.76. The summed E-state index contributed by atoms with van der Waals surface area (Å²) in [6, 6.07) is 4.26. The summed E-state index contributed by atoms with van der Waals surface area (Å²) < 4.78 is 0.